The number of benzene rings is 4. The van der Waals surface area contributed by atoms with Crippen molar-refractivity contribution < 1.29 is 9.53 Å². The molecular formula is C26H20BrN3O2. The molecule has 0 saturated heterocycles. The van der Waals surface area contributed by atoms with Crippen LogP contribution in [0.1, 0.15) is 5.82 Å². The van der Waals surface area contributed by atoms with Crippen LogP contribution in [0.25, 0.3) is 21.8 Å². The van der Waals surface area contributed by atoms with Crippen molar-refractivity contribution in [3.8, 4) is 5.75 Å². The molecule has 0 atom stereocenters. The lowest BCUT2D eigenvalue weighted by atomic mass is 10.1. The third kappa shape index (κ3) is 4.22. The largest absolute Gasteiger partial charge is 0.485 e. The average Bonchev–Trinajstić information content (AvgIpc) is 3.16. The molecule has 0 radical (unpaired) electrons. The minimum atomic E-state index is -0.123. The van der Waals surface area contributed by atoms with Crippen LogP contribution < -0.4 is 10.1 Å². The molecule has 1 aromatic heterocycles. The standard InChI is InChI=1S/C26H20BrN3O2/c27-19-12-14-20(15-13-19)28-26(31)16-30-23-10-4-3-9-22(23)29-25(30)17-32-24-11-5-7-18-6-1-2-8-21(18)24/h1-15H,16-17H2,(H,28,31). The maximum absolute atomic E-state index is 12.8. The zero-order chi connectivity index (χ0) is 21.9. The minimum Gasteiger partial charge on any atom is -0.485 e. The number of halogens is 1. The SMILES string of the molecule is O=C(Cn1c(COc2cccc3ccccc23)nc2ccccc21)Nc1ccc(Br)cc1. The van der Waals surface area contributed by atoms with Gasteiger partial charge in [0.15, 0.2) is 0 Å². The molecule has 1 amide bonds. The number of anilines is 1. The fourth-order valence-corrected chi connectivity index (χ4v) is 4.02. The van der Waals surface area contributed by atoms with Crippen LogP contribution in [0.3, 0.4) is 0 Å². The first-order chi connectivity index (χ1) is 15.7. The summed E-state index contributed by atoms with van der Waals surface area (Å²) in [4.78, 5) is 17.5. The van der Waals surface area contributed by atoms with Crippen molar-refractivity contribution in [3.05, 3.63) is 101 Å². The van der Waals surface area contributed by atoms with E-state index in [0.29, 0.717) is 5.82 Å². The topological polar surface area (TPSA) is 56.2 Å². The Kier molecular flexibility index (Phi) is 5.60. The summed E-state index contributed by atoms with van der Waals surface area (Å²) in [5, 5.41) is 5.11. The van der Waals surface area contributed by atoms with E-state index in [9.17, 15) is 4.79 Å². The summed E-state index contributed by atoms with van der Waals surface area (Å²) < 4.78 is 9.04. The highest BCUT2D eigenvalue weighted by Crippen LogP contribution is 2.26. The number of carbonyl (C=O) groups is 1. The summed E-state index contributed by atoms with van der Waals surface area (Å²) in [5.41, 5.74) is 2.48. The molecule has 32 heavy (non-hydrogen) atoms. The molecule has 1 N–H and O–H groups in total. The van der Waals surface area contributed by atoms with Crippen molar-refractivity contribution in [2.45, 2.75) is 13.2 Å². The van der Waals surface area contributed by atoms with E-state index in [1.807, 2.05) is 83.4 Å². The van der Waals surface area contributed by atoms with E-state index in [4.69, 9.17) is 9.72 Å². The molecule has 5 nitrogen and oxygen atoms in total. The van der Waals surface area contributed by atoms with Gasteiger partial charge in [-0.25, -0.2) is 4.98 Å². The van der Waals surface area contributed by atoms with E-state index < -0.39 is 0 Å². The van der Waals surface area contributed by atoms with Gasteiger partial charge in [-0.1, -0.05) is 64.5 Å². The third-order valence-corrected chi connectivity index (χ3v) is 5.80. The van der Waals surface area contributed by atoms with E-state index in [1.54, 1.807) is 0 Å². The van der Waals surface area contributed by atoms with Crippen molar-refractivity contribution in [1.29, 1.82) is 0 Å². The van der Waals surface area contributed by atoms with E-state index in [-0.39, 0.29) is 19.1 Å². The molecule has 0 aliphatic carbocycles. The van der Waals surface area contributed by atoms with Crippen molar-refractivity contribution >= 4 is 49.3 Å². The van der Waals surface area contributed by atoms with E-state index in [2.05, 4.69) is 33.4 Å². The summed E-state index contributed by atoms with van der Waals surface area (Å²) in [6.07, 6.45) is 0. The minimum absolute atomic E-state index is 0.123. The Morgan fingerprint density at radius 3 is 2.53 bits per heavy atom. The average molecular weight is 486 g/mol. The van der Waals surface area contributed by atoms with Gasteiger partial charge in [0.1, 0.15) is 24.7 Å². The number of imidazole rings is 1. The number of amides is 1. The predicted molar refractivity (Wildman–Crippen MR) is 131 cm³/mol. The molecule has 0 unspecified atom stereocenters. The van der Waals surface area contributed by atoms with Gasteiger partial charge in [-0.05, 0) is 47.9 Å². The number of hydrogen-bond acceptors (Lipinski definition) is 3. The van der Waals surface area contributed by atoms with Crippen LogP contribution in [0.15, 0.2) is 95.5 Å². The summed E-state index contributed by atoms with van der Waals surface area (Å²) in [6, 6.07) is 29.4. The summed E-state index contributed by atoms with van der Waals surface area (Å²) in [5.74, 6) is 1.37. The van der Waals surface area contributed by atoms with E-state index in [0.717, 1.165) is 37.7 Å². The Balaban J connectivity index is 1.41. The van der Waals surface area contributed by atoms with Gasteiger partial charge in [0, 0.05) is 15.5 Å². The van der Waals surface area contributed by atoms with Crippen molar-refractivity contribution in [2.75, 3.05) is 5.32 Å². The molecule has 5 aromatic rings. The Morgan fingerprint density at radius 1 is 0.906 bits per heavy atom. The van der Waals surface area contributed by atoms with Gasteiger partial charge in [0.2, 0.25) is 5.91 Å². The zero-order valence-electron chi connectivity index (χ0n) is 17.2. The number of rotatable bonds is 6. The molecule has 0 spiro atoms. The monoisotopic (exact) mass is 485 g/mol. The molecule has 0 aliphatic rings. The van der Waals surface area contributed by atoms with E-state index >= 15 is 0 Å². The molecule has 0 saturated carbocycles. The predicted octanol–water partition coefficient (Wildman–Crippen LogP) is 6.17. The number of nitrogens with one attached hydrogen (secondary N) is 1. The van der Waals surface area contributed by atoms with Crippen LogP contribution in [-0.4, -0.2) is 15.5 Å². The second kappa shape index (κ2) is 8.85. The summed E-state index contributed by atoms with van der Waals surface area (Å²) in [6.45, 7) is 0.402. The second-order valence-electron chi connectivity index (χ2n) is 7.42. The highest BCUT2D eigenvalue weighted by atomic mass is 79.9. The Morgan fingerprint density at radius 2 is 1.66 bits per heavy atom. The number of ether oxygens (including phenoxy) is 1. The van der Waals surface area contributed by atoms with Crippen molar-refractivity contribution in [1.82, 2.24) is 9.55 Å². The van der Waals surface area contributed by atoms with Crippen LogP contribution in [0, 0.1) is 0 Å². The molecule has 0 bridgehead atoms. The van der Waals surface area contributed by atoms with E-state index in [1.165, 1.54) is 0 Å². The second-order valence-corrected chi connectivity index (χ2v) is 8.34. The number of aromatic nitrogens is 2. The van der Waals surface area contributed by atoms with Gasteiger partial charge in [0.25, 0.3) is 0 Å². The number of hydrogen-bond donors (Lipinski definition) is 1. The first-order valence-corrected chi connectivity index (χ1v) is 11.1. The van der Waals surface area contributed by atoms with Crippen molar-refractivity contribution in [3.63, 3.8) is 0 Å². The van der Waals surface area contributed by atoms with Gasteiger partial charge in [-0.15, -0.1) is 0 Å². The van der Waals surface area contributed by atoms with Gasteiger partial charge >= 0.3 is 0 Å². The zero-order valence-corrected chi connectivity index (χ0v) is 18.7. The van der Waals surface area contributed by atoms with Gasteiger partial charge < -0.3 is 14.6 Å². The first kappa shape index (κ1) is 20.3. The molecule has 5 rings (SSSR count). The number of carbonyl (C=O) groups excluding carboxylic acids is 1. The molecule has 1 heterocycles. The third-order valence-electron chi connectivity index (χ3n) is 5.27. The Labute approximate surface area is 193 Å². The summed E-state index contributed by atoms with van der Waals surface area (Å²) in [7, 11) is 0. The van der Waals surface area contributed by atoms with Gasteiger partial charge in [-0.3, -0.25) is 4.79 Å². The van der Waals surface area contributed by atoms with Crippen LogP contribution in [-0.2, 0) is 17.9 Å². The fourth-order valence-electron chi connectivity index (χ4n) is 3.75. The van der Waals surface area contributed by atoms with Crippen LogP contribution >= 0.6 is 15.9 Å². The van der Waals surface area contributed by atoms with Gasteiger partial charge in [-0.2, -0.15) is 0 Å². The molecule has 158 valence electrons. The van der Waals surface area contributed by atoms with Crippen LogP contribution in [0.2, 0.25) is 0 Å². The Hall–Kier alpha value is -3.64. The highest BCUT2D eigenvalue weighted by molar-refractivity contribution is 9.10. The molecular weight excluding hydrogens is 466 g/mol. The maximum atomic E-state index is 12.8. The van der Waals surface area contributed by atoms with Crippen molar-refractivity contribution in [2.24, 2.45) is 0 Å². The normalized spacial score (nSPS) is 11.0. The smallest absolute Gasteiger partial charge is 0.244 e. The summed E-state index contributed by atoms with van der Waals surface area (Å²) >= 11 is 3.41. The number of nitrogens with zero attached hydrogens (tertiary/aromatic N) is 2. The maximum Gasteiger partial charge on any atom is 0.244 e. The van der Waals surface area contributed by atoms with Crippen LogP contribution in [0.4, 0.5) is 5.69 Å². The lowest BCUT2D eigenvalue weighted by Gasteiger charge is -2.12. The molecule has 0 aliphatic heterocycles. The molecule has 0 fully saturated rings. The number of para-hydroxylation sites is 2. The lowest BCUT2D eigenvalue weighted by molar-refractivity contribution is -0.116. The highest BCUT2D eigenvalue weighted by Gasteiger charge is 2.15. The fraction of sp³-hybridized carbons (Fsp3) is 0.0769. The molecule has 6 heteroatoms. The first-order valence-electron chi connectivity index (χ1n) is 10.3. The van der Waals surface area contributed by atoms with Gasteiger partial charge in [0.05, 0.1) is 11.0 Å². The Bertz CT molecular complexity index is 1400. The lowest BCUT2D eigenvalue weighted by Crippen LogP contribution is -2.20. The number of fused-ring (bicyclic) bond motifs is 2. The molecule has 4 aromatic carbocycles. The quantitative estimate of drug-likeness (QED) is 0.312. The van der Waals surface area contributed by atoms with Crippen LogP contribution in [0.5, 0.6) is 5.75 Å².